The average molecular weight is 308 g/mol. The summed E-state index contributed by atoms with van der Waals surface area (Å²) < 4.78 is 10.8. The van der Waals surface area contributed by atoms with E-state index in [1.54, 1.807) is 4.90 Å². The zero-order chi connectivity index (χ0) is 15.6. The lowest BCUT2D eigenvalue weighted by Crippen LogP contribution is -2.41. The molecule has 0 aromatic heterocycles. The average Bonchev–Trinajstić information content (AvgIpc) is 2.76. The maximum Gasteiger partial charge on any atom is 0.323 e. The molecule has 0 saturated heterocycles. The number of carbonyl (C=O) groups excluding carboxylic acids is 1. The molecular formula is C17H28N2O3. The molecule has 1 aromatic rings. The van der Waals surface area contributed by atoms with Crippen LogP contribution < -0.4 is 15.0 Å². The van der Waals surface area contributed by atoms with Gasteiger partial charge in [0.2, 0.25) is 0 Å². The van der Waals surface area contributed by atoms with Gasteiger partial charge in [0.1, 0.15) is 12.5 Å². The number of amides is 2. The molecule has 5 nitrogen and oxygen atoms in total. The van der Waals surface area contributed by atoms with E-state index < -0.39 is 0 Å². The first-order chi connectivity index (χ1) is 10.8. The van der Waals surface area contributed by atoms with E-state index in [1.807, 2.05) is 24.3 Å². The van der Waals surface area contributed by atoms with Crippen LogP contribution in [0, 0.1) is 0 Å². The first-order valence-corrected chi connectivity index (χ1v) is 8.18. The molecule has 0 unspecified atom stereocenters. The van der Waals surface area contributed by atoms with Crippen molar-refractivity contribution in [3.8, 4) is 5.75 Å². The van der Waals surface area contributed by atoms with Crippen LogP contribution >= 0.6 is 0 Å². The maximum atomic E-state index is 12.3. The molecule has 2 amide bonds. The van der Waals surface area contributed by atoms with Gasteiger partial charge in [0.05, 0.1) is 5.69 Å². The van der Waals surface area contributed by atoms with Crippen LogP contribution in [0.15, 0.2) is 24.3 Å². The van der Waals surface area contributed by atoms with E-state index in [0.717, 1.165) is 18.5 Å². The summed E-state index contributed by atoms with van der Waals surface area (Å²) in [7, 11) is 0. The Kier molecular flexibility index (Phi) is 7.03. The van der Waals surface area contributed by atoms with Gasteiger partial charge in [-0.05, 0) is 18.6 Å². The van der Waals surface area contributed by atoms with Crippen LogP contribution in [0.2, 0.25) is 0 Å². The lowest BCUT2D eigenvalue weighted by atomic mass is 10.1. The third-order valence-corrected chi connectivity index (χ3v) is 3.73. The molecule has 1 aromatic carbocycles. The Labute approximate surface area is 134 Å². The Morgan fingerprint density at radius 1 is 1.23 bits per heavy atom. The third-order valence-electron chi connectivity index (χ3n) is 3.73. The van der Waals surface area contributed by atoms with Gasteiger partial charge in [0.15, 0.2) is 6.79 Å². The highest BCUT2D eigenvalue weighted by atomic mass is 16.7. The molecule has 0 bridgehead atoms. The summed E-state index contributed by atoms with van der Waals surface area (Å²) >= 11 is 0. The Morgan fingerprint density at radius 3 is 2.86 bits per heavy atom. The van der Waals surface area contributed by atoms with Gasteiger partial charge in [-0.15, -0.1) is 0 Å². The Bertz CT molecular complexity index is 471. The number of rotatable bonds is 7. The normalized spacial score (nSPS) is 14.0. The number of fused-ring (bicyclic) bond motifs is 1. The summed E-state index contributed by atoms with van der Waals surface area (Å²) in [5.74, 6) is 0.676. The van der Waals surface area contributed by atoms with Crippen LogP contribution in [0.5, 0.6) is 5.75 Å². The first-order valence-electron chi connectivity index (χ1n) is 8.18. The van der Waals surface area contributed by atoms with Gasteiger partial charge in [-0.3, -0.25) is 4.90 Å². The molecule has 1 N–H and O–H groups in total. The van der Waals surface area contributed by atoms with E-state index in [9.17, 15) is 4.79 Å². The smallest absolute Gasteiger partial charge is 0.323 e. The Morgan fingerprint density at radius 2 is 2.00 bits per heavy atom. The lowest BCUT2D eigenvalue weighted by molar-refractivity contribution is 0.0264. The van der Waals surface area contributed by atoms with Crippen LogP contribution in [0.4, 0.5) is 10.5 Å². The molecular weight excluding hydrogens is 280 g/mol. The largest absolute Gasteiger partial charge is 0.465 e. The minimum atomic E-state index is -0.133. The molecule has 1 aliphatic heterocycles. The zero-order valence-electron chi connectivity index (χ0n) is 13.3. The van der Waals surface area contributed by atoms with Crippen LogP contribution in [-0.4, -0.2) is 26.1 Å². The fourth-order valence-corrected chi connectivity index (χ4v) is 2.47. The number of hydrogen-bond donors (Lipinski definition) is 1. The molecule has 1 aliphatic rings. The van der Waals surface area contributed by atoms with E-state index in [2.05, 4.69) is 12.2 Å². The summed E-state index contributed by atoms with van der Waals surface area (Å²) in [4.78, 5) is 13.9. The predicted octanol–water partition coefficient (Wildman–Crippen LogP) is 4.13. The molecule has 22 heavy (non-hydrogen) atoms. The van der Waals surface area contributed by atoms with Gasteiger partial charge in [0.25, 0.3) is 0 Å². The first kappa shape index (κ1) is 16.6. The predicted molar refractivity (Wildman–Crippen MR) is 89.3 cm³/mol. The van der Waals surface area contributed by atoms with Crippen molar-refractivity contribution in [3.63, 3.8) is 0 Å². The molecule has 0 radical (unpaired) electrons. The van der Waals surface area contributed by atoms with Gasteiger partial charge < -0.3 is 14.8 Å². The molecule has 0 atom stereocenters. The molecule has 0 spiro atoms. The monoisotopic (exact) mass is 308 g/mol. The number of unbranched alkanes of at least 4 members (excludes halogenated alkanes) is 5. The topological polar surface area (TPSA) is 50.8 Å². The van der Waals surface area contributed by atoms with Gasteiger partial charge in [0, 0.05) is 7.97 Å². The summed E-state index contributed by atoms with van der Waals surface area (Å²) in [6.45, 7) is 3.28. The summed E-state index contributed by atoms with van der Waals surface area (Å²) in [6.07, 6.45) is 7.27. The fraction of sp³-hybridized carbons (Fsp3) is 0.588. The van der Waals surface area contributed by atoms with E-state index >= 15 is 0 Å². The fourth-order valence-electron chi connectivity index (χ4n) is 2.47. The van der Waals surface area contributed by atoms with Crippen LogP contribution in [0.3, 0.4) is 0 Å². The van der Waals surface area contributed by atoms with Crippen LogP contribution in [-0.2, 0) is 4.74 Å². The standard InChI is InChI=1S/C17H26N2O3.H2/c1-2-3-4-5-6-9-12-18-17(20)19-13-21-14-22-16-11-8-7-10-15(16)19;/h7-8,10-11H,2-6,9,12-14H2,1H3,(H,18,20);1H. The molecule has 5 heteroatoms. The highest BCUT2D eigenvalue weighted by Gasteiger charge is 2.21. The number of benzene rings is 1. The van der Waals surface area contributed by atoms with Gasteiger partial charge in [-0.2, -0.15) is 0 Å². The van der Waals surface area contributed by atoms with E-state index in [0.29, 0.717) is 12.3 Å². The number of nitrogens with zero attached hydrogens (tertiary/aromatic N) is 1. The van der Waals surface area contributed by atoms with Crippen molar-refractivity contribution in [1.29, 1.82) is 0 Å². The van der Waals surface area contributed by atoms with Crippen molar-refractivity contribution < 1.29 is 15.7 Å². The number of para-hydroxylation sites is 2. The number of anilines is 1. The lowest BCUT2D eigenvalue weighted by Gasteiger charge is -2.21. The molecule has 2 rings (SSSR count). The molecule has 0 aliphatic carbocycles. The minimum absolute atomic E-state index is 0. The summed E-state index contributed by atoms with van der Waals surface area (Å²) in [5, 5.41) is 2.96. The number of carbonyl (C=O) groups is 1. The summed E-state index contributed by atoms with van der Waals surface area (Å²) in [5.41, 5.74) is 0.750. The Balaban J connectivity index is 0.00000264. The van der Waals surface area contributed by atoms with Gasteiger partial charge in [-0.1, -0.05) is 51.2 Å². The second-order valence-corrected chi connectivity index (χ2v) is 5.49. The van der Waals surface area contributed by atoms with Crippen molar-refractivity contribution in [2.45, 2.75) is 45.4 Å². The second kappa shape index (κ2) is 9.30. The van der Waals surface area contributed by atoms with Crippen molar-refractivity contribution in [3.05, 3.63) is 24.3 Å². The highest BCUT2D eigenvalue weighted by molar-refractivity contribution is 5.93. The van der Waals surface area contributed by atoms with E-state index in [4.69, 9.17) is 9.47 Å². The van der Waals surface area contributed by atoms with Crippen LogP contribution in [0.25, 0.3) is 0 Å². The quantitative estimate of drug-likeness (QED) is 0.770. The van der Waals surface area contributed by atoms with Crippen molar-refractivity contribution >= 4 is 11.7 Å². The zero-order valence-corrected chi connectivity index (χ0v) is 13.3. The number of nitrogens with one attached hydrogen (secondary N) is 1. The third kappa shape index (κ3) is 4.91. The van der Waals surface area contributed by atoms with Crippen molar-refractivity contribution in [2.24, 2.45) is 0 Å². The SMILES string of the molecule is CCCCCCCCNC(=O)N1COCOc2ccccc21.[HH]. The van der Waals surface area contributed by atoms with Crippen LogP contribution in [0.1, 0.15) is 46.9 Å². The van der Waals surface area contributed by atoms with Crippen molar-refractivity contribution in [1.82, 2.24) is 5.32 Å². The van der Waals surface area contributed by atoms with E-state index in [-0.39, 0.29) is 21.0 Å². The van der Waals surface area contributed by atoms with Gasteiger partial charge >= 0.3 is 6.03 Å². The Hall–Kier alpha value is -1.75. The van der Waals surface area contributed by atoms with E-state index in [1.165, 1.54) is 25.7 Å². The second-order valence-electron chi connectivity index (χ2n) is 5.49. The molecule has 0 fully saturated rings. The highest BCUT2D eigenvalue weighted by Crippen LogP contribution is 2.29. The maximum absolute atomic E-state index is 12.3. The number of hydrogen-bond acceptors (Lipinski definition) is 3. The molecule has 0 saturated carbocycles. The van der Waals surface area contributed by atoms with Gasteiger partial charge in [-0.25, -0.2) is 4.79 Å². The summed E-state index contributed by atoms with van der Waals surface area (Å²) in [6, 6.07) is 7.36. The number of ether oxygens (including phenoxy) is 2. The minimum Gasteiger partial charge on any atom is -0.465 e. The molecule has 124 valence electrons. The number of urea groups is 1. The molecule has 1 heterocycles. The van der Waals surface area contributed by atoms with Crippen molar-refractivity contribution in [2.75, 3.05) is 25.0 Å².